The fourth-order valence-electron chi connectivity index (χ4n) is 2.35. The SMILES string of the molecule is CN(C)c1cccc2sc(C3CCNC3)nc12. The Bertz CT molecular complexity index is 526. The fourth-order valence-corrected chi connectivity index (χ4v) is 3.48. The molecule has 1 aromatic carbocycles. The lowest BCUT2D eigenvalue weighted by molar-refractivity contribution is 0.758. The van der Waals surface area contributed by atoms with Gasteiger partial charge in [0.15, 0.2) is 0 Å². The highest BCUT2D eigenvalue weighted by Gasteiger charge is 2.21. The smallest absolute Gasteiger partial charge is 0.105 e. The van der Waals surface area contributed by atoms with Crippen LogP contribution in [0.3, 0.4) is 0 Å². The van der Waals surface area contributed by atoms with Crippen LogP contribution in [0.2, 0.25) is 0 Å². The minimum Gasteiger partial charge on any atom is -0.376 e. The van der Waals surface area contributed by atoms with Crippen molar-refractivity contribution in [2.24, 2.45) is 0 Å². The molecule has 1 aliphatic heterocycles. The number of aromatic nitrogens is 1. The zero-order valence-electron chi connectivity index (χ0n) is 10.2. The molecular formula is C13H17N3S. The molecule has 1 aromatic heterocycles. The van der Waals surface area contributed by atoms with Crippen LogP contribution in [0.25, 0.3) is 10.2 Å². The maximum atomic E-state index is 4.85. The predicted molar refractivity (Wildman–Crippen MR) is 74.2 cm³/mol. The van der Waals surface area contributed by atoms with Gasteiger partial charge in [0.25, 0.3) is 0 Å². The first kappa shape index (κ1) is 11.0. The van der Waals surface area contributed by atoms with E-state index in [1.165, 1.54) is 21.8 Å². The number of nitrogens with one attached hydrogen (secondary N) is 1. The molecule has 0 aliphatic carbocycles. The molecule has 2 aromatic rings. The predicted octanol–water partition coefficient (Wildman–Crippen LogP) is 2.44. The van der Waals surface area contributed by atoms with Crippen LogP contribution in [0.5, 0.6) is 0 Å². The Morgan fingerprint density at radius 3 is 3.00 bits per heavy atom. The van der Waals surface area contributed by atoms with E-state index in [0.717, 1.165) is 18.6 Å². The third-order valence-corrected chi connectivity index (χ3v) is 4.49. The summed E-state index contributed by atoms with van der Waals surface area (Å²) in [7, 11) is 4.15. The second-order valence-corrected chi connectivity index (χ2v) is 5.82. The molecule has 3 nitrogen and oxygen atoms in total. The van der Waals surface area contributed by atoms with Crippen LogP contribution < -0.4 is 10.2 Å². The van der Waals surface area contributed by atoms with E-state index in [4.69, 9.17) is 4.98 Å². The van der Waals surface area contributed by atoms with Crippen molar-refractivity contribution in [3.8, 4) is 0 Å². The van der Waals surface area contributed by atoms with Gasteiger partial charge in [-0.25, -0.2) is 4.98 Å². The number of para-hydroxylation sites is 1. The van der Waals surface area contributed by atoms with Gasteiger partial charge >= 0.3 is 0 Å². The van der Waals surface area contributed by atoms with Gasteiger partial charge in [0, 0.05) is 26.6 Å². The van der Waals surface area contributed by atoms with Crippen molar-refractivity contribution in [2.45, 2.75) is 12.3 Å². The first-order valence-corrected chi connectivity index (χ1v) is 6.85. The van der Waals surface area contributed by atoms with Gasteiger partial charge in [-0.05, 0) is 25.1 Å². The molecule has 1 fully saturated rings. The van der Waals surface area contributed by atoms with Gasteiger partial charge in [-0.2, -0.15) is 0 Å². The van der Waals surface area contributed by atoms with Crippen molar-refractivity contribution < 1.29 is 0 Å². The third-order valence-electron chi connectivity index (χ3n) is 3.31. The Morgan fingerprint density at radius 1 is 1.41 bits per heavy atom. The van der Waals surface area contributed by atoms with Gasteiger partial charge in [0.05, 0.1) is 15.4 Å². The highest BCUT2D eigenvalue weighted by Crippen LogP contribution is 2.34. The average Bonchev–Trinajstić information content (AvgIpc) is 2.96. The lowest BCUT2D eigenvalue weighted by Crippen LogP contribution is -2.09. The fraction of sp³-hybridized carbons (Fsp3) is 0.462. The largest absolute Gasteiger partial charge is 0.376 e. The topological polar surface area (TPSA) is 28.2 Å². The first-order chi connectivity index (χ1) is 8.25. The number of benzene rings is 1. The molecule has 90 valence electrons. The molecule has 0 saturated carbocycles. The third kappa shape index (κ3) is 1.91. The summed E-state index contributed by atoms with van der Waals surface area (Å²) in [6.45, 7) is 2.21. The highest BCUT2D eigenvalue weighted by atomic mass is 32.1. The van der Waals surface area contributed by atoms with Crippen LogP contribution in [-0.2, 0) is 0 Å². The lowest BCUT2D eigenvalue weighted by atomic mass is 10.1. The van der Waals surface area contributed by atoms with Gasteiger partial charge in [-0.15, -0.1) is 11.3 Å². The first-order valence-electron chi connectivity index (χ1n) is 6.03. The van der Waals surface area contributed by atoms with Crippen molar-refractivity contribution in [3.63, 3.8) is 0 Å². The maximum absolute atomic E-state index is 4.85. The summed E-state index contributed by atoms with van der Waals surface area (Å²) < 4.78 is 1.30. The molecule has 2 heterocycles. The summed E-state index contributed by atoms with van der Waals surface area (Å²) >= 11 is 1.85. The van der Waals surface area contributed by atoms with Crippen molar-refractivity contribution in [3.05, 3.63) is 23.2 Å². The van der Waals surface area contributed by atoms with Crippen LogP contribution in [0.1, 0.15) is 17.3 Å². The summed E-state index contributed by atoms with van der Waals surface area (Å²) in [6, 6.07) is 6.43. The minimum absolute atomic E-state index is 0.613. The van der Waals surface area contributed by atoms with Crippen LogP contribution in [-0.4, -0.2) is 32.2 Å². The number of fused-ring (bicyclic) bond motifs is 1. The number of rotatable bonds is 2. The van der Waals surface area contributed by atoms with Crippen molar-refractivity contribution in [2.75, 3.05) is 32.1 Å². The molecule has 3 rings (SSSR count). The Labute approximate surface area is 105 Å². The second kappa shape index (κ2) is 4.27. The van der Waals surface area contributed by atoms with E-state index < -0.39 is 0 Å². The van der Waals surface area contributed by atoms with Gasteiger partial charge in [-0.1, -0.05) is 6.07 Å². The monoisotopic (exact) mass is 247 g/mol. The van der Waals surface area contributed by atoms with Gasteiger partial charge in [0.1, 0.15) is 5.52 Å². The minimum atomic E-state index is 0.613. The summed E-state index contributed by atoms with van der Waals surface area (Å²) in [4.78, 5) is 6.99. The van der Waals surface area contributed by atoms with E-state index in [1.807, 2.05) is 11.3 Å². The lowest BCUT2D eigenvalue weighted by Gasteiger charge is -2.12. The zero-order chi connectivity index (χ0) is 11.8. The van der Waals surface area contributed by atoms with Gasteiger partial charge < -0.3 is 10.2 Å². The maximum Gasteiger partial charge on any atom is 0.105 e. The zero-order valence-corrected chi connectivity index (χ0v) is 11.0. The Balaban J connectivity index is 2.08. The van der Waals surface area contributed by atoms with E-state index >= 15 is 0 Å². The van der Waals surface area contributed by atoms with Crippen LogP contribution in [0, 0.1) is 0 Å². The normalized spacial score (nSPS) is 20.0. The molecule has 4 heteroatoms. The standard InChI is InChI=1S/C13H17N3S/c1-16(2)10-4-3-5-11-12(10)15-13(17-11)9-6-7-14-8-9/h3-5,9,14H,6-8H2,1-2H3. The summed E-state index contributed by atoms with van der Waals surface area (Å²) in [5, 5.41) is 4.70. The Kier molecular flexibility index (Phi) is 2.76. The molecular weight excluding hydrogens is 230 g/mol. The molecule has 0 radical (unpaired) electrons. The molecule has 1 saturated heterocycles. The molecule has 1 unspecified atom stereocenters. The number of nitrogens with zero attached hydrogens (tertiary/aromatic N) is 2. The Hall–Kier alpha value is -1.13. The van der Waals surface area contributed by atoms with Crippen LogP contribution >= 0.6 is 11.3 Å². The summed E-state index contributed by atoms with van der Waals surface area (Å²) in [6.07, 6.45) is 1.22. The van der Waals surface area contributed by atoms with E-state index in [9.17, 15) is 0 Å². The molecule has 17 heavy (non-hydrogen) atoms. The molecule has 0 bridgehead atoms. The van der Waals surface area contributed by atoms with Crippen molar-refractivity contribution in [1.29, 1.82) is 0 Å². The molecule has 1 aliphatic rings. The number of thiazole rings is 1. The highest BCUT2D eigenvalue weighted by molar-refractivity contribution is 7.18. The number of hydrogen-bond donors (Lipinski definition) is 1. The van der Waals surface area contributed by atoms with Crippen molar-refractivity contribution in [1.82, 2.24) is 10.3 Å². The van der Waals surface area contributed by atoms with E-state index in [0.29, 0.717) is 5.92 Å². The second-order valence-electron chi connectivity index (χ2n) is 4.76. The molecule has 1 N–H and O–H groups in total. The molecule has 0 amide bonds. The van der Waals surface area contributed by atoms with E-state index in [-0.39, 0.29) is 0 Å². The summed E-state index contributed by atoms with van der Waals surface area (Å²) in [5.74, 6) is 0.613. The number of hydrogen-bond acceptors (Lipinski definition) is 4. The van der Waals surface area contributed by atoms with Crippen LogP contribution in [0.4, 0.5) is 5.69 Å². The van der Waals surface area contributed by atoms with Crippen molar-refractivity contribution >= 4 is 27.2 Å². The summed E-state index contributed by atoms with van der Waals surface area (Å²) in [5.41, 5.74) is 2.38. The van der Waals surface area contributed by atoms with Gasteiger partial charge in [0.2, 0.25) is 0 Å². The van der Waals surface area contributed by atoms with Crippen LogP contribution in [0.15, 0.2) is 18.2 Å². The Morgan fingerprint density at radius 2 is 2.29 bits per heavy atom. The van der Waals surface area contributed by atoms with Gasteiger partial charge in [-0.3, -0.25) is 0 Å². The molecule has 1 atom stereocenters. The molecule has 0 spiro atoms. The van der Waals surface area contributed by atoms with E-state index in [1.54, 1.807) is 0 Å². The number of anilines is 1. The average molecular weight is 247 g/mol. The van der Waals surface area contributed by atoms with E-state index in [2.05, 4.69) is 42.5 Å². The quantitative estimate of drug-likeness (QED) is 0.883.